The molecule has 2 saturated heterocycles. The first-order valence-electron chi connectivity index (χ1n) is 9.67. The van der Waals surface area contributed by atoms with Crippen LogP contribution in [0.3, 0.4) is 0 Å². The van der Waals surface area contributed by atoms with Crippen molar-refractivity contribution in [2.24, 2.45) is 11.3 Å². The second-order valence-corrected chi connectivity index (χ2v) is 9.26. The molecule has 1 unspecified atom stereocenters. The first-order chi connectivity index (χ1) is 13.1. The lowest BCUT2D eigenvalue weighted by Crippen LogP contribution is -2.47. The maximum atomic E-state index is 12.7. The number of aliphatic hydroxyl groups excluding tert-OH is 1. The minimum atomic E-state index is 0.124. The zero-order chi connectivity index (χ0) is 18.9. The van der Waals surface area contributed by atoms with Crippen molar-refractivity contribution in [2.75, 3.05) is 32.8 Å². The average Bonchev–Trinajstić information content (AvgIpc) is 3.26. The number of thiophene rings is 1. The van der Waals surface area contributed by atoms with Crippen LogP contribution in [0.2, 0.25) is 0 Å². The third-order valence-corrected chi connectivity index (χ3v) is 7.22. The van der Waals surface area contributed by atoms with Crippen LogP contribution in [0.15, 0.2) is 36.7 Å². The van der Waals surface area contributed by atoms with E-state index in [2.05, 4.69) is 16.0 Å². The molecule has 27 heavy (non-hydrogen) atoms. The molecule has 4 heterocycles. The maximum absolute atomic E-state index is 12.7. The smallest absolute Gasteiger partial charge is 0.263 e. The Morgan fingerprint density at radius 3 is 2.78 bits per heavy atom. The number of rotatable bonds is 4. The number of amides is 1. The van der Waals surface area contributed by atoms with Gasteiger partial charge in [0, 0.05) is 62.5 Å². The van der Waals surface area contributed by atoms with Crippen LogP contribution in [0, 0.1) is 18.3 Å². The van der Waals surface area contributed by atoms with Gasteiger partial charge in [-0.1, -0.05) is 6.07 Å². The Morgan fingerprint density at radius 2 is 2.15 bits per heavy atom. The van der Waals surface area contributed by atoms with E-state index in [1.165, 1.54) is 10.4 Å². The van der Waals surface area contributed by atoms with Crippen LogP contribution in [-0.4, -0.2) is 58.6 Å². The van der Waals surface area contributed by atoms with E-state index in [4.69, 9.17) is 0 Å². The first-order valence-corrected chi connectivity index (χ1v) is 10.5. The van der Waals surface area contributed by atoms with Crippen LogP contribution < -0.4 is 0 Å². The zero-order valence-corrected chi connectivity index (χ0v) is 16.6. The Morgan fingerprint density at radius 1 is 1.33 bits per heavy atom. The van der Waals surface area contributed by atoms with Gasteiger partial charge in [-0.2, -0.15) is 0 Å². The minimum Gasteiger partial charge on any atom is -0.396 e. The van der Waals surface area contributed by atoms with Gasteiger partial charge < -0.3 is 10.0 Å². The van der Waals surface area contributed by atoms with Gasteiger partial charge in [0.25, 0.3) is 5.91 Å². The lowest BCUT2D eigenvalue weighted by Gasteiger charge is -2.42. The molecule has 0 aromatic carbocycles. The number of aliphatic hydroxyl groups is 1. The molecule has 2 aromatic rings. The summed E-state index contributed by atoms with van der Waals surface area (Å²) in [5, 5.41) is 10.0. The Labute approximate surface area is 164 Å². The van der Waals surface area contributed by atoms with Gasteiger partial charge in [-0.3, -0.25) is 14.7 Å². The Bertz CT molecular complexity index is 784. The number of carbonyl (C=O) groups excluding carboxylic acids is 1. The van der Waals surface area contributed by atoms with Crippen molar-refractivity contribution in [3.05, 3.63) is 52.0 Å². The van der Waals surface area contributed by atoms with Gasteiger partial charge in [-0.25, -0.2) is 0 Å². The number of carbonyl (C=O) groups is 1. The predicted octanol–water partition coefficient (Wildman–Crippen LogP) is 2.80. The average molecular weight is 386 g/mol. The number of pyridine rings is 1. The van der Waals surface area contributed by atoms with Crippen molar-refractivity contribution in [1.29, 1.82) is 0 Å². The van der Waals surface area contributed by atoms with Crippen LogP contribution in [-0.2, 0) is 6.54 Å². The molecule has 2 fully saturated rings. The van der Waals surface area contributed by atoms with E-state index < -0.39 is 0 Å². The fourth-order valence-electron chi connectivity index (χ4n) is 4.69. The third kappa shape index (κ3) is 3.79. The number of likely N-dealkylation sites (tertiary alicyclic amines) is 2. The van der Waals surface area contributed by atoms with Crippen molar-refractivity contribution < 1.29 is 9.90 Å². The standard InChI is InChI=1S/C21H27N3O2S/c1-16-4-5-19(27-16)20(26)24-9-6-21(7-10-24)15-23(13-18(21)14-25)12-17-3-2-8-22-11-17/h2-5,8,11,18,25H,6-7,9-10,12-15H2,1H3. The van der Waals surface area contributed by atoms with Crippen molar-refractivity contribution in [1.82, 2.24) is 14.8 Å². The zero-order valence-electron chi connectivity index (χ0n) is 15.8. The van der Waals surface area contributed by atoms with Crippen molar-refractivity contribution >= 4 is 17.2 Å². The number of piperidine rings is 1. The molecule has 2 aliphatic rings. The van der Waals surface area contributed by atoms with Crippen LogP contribution in [0.1, 0.15) is 33.0 Å². The molecule has 0 bridgehead atoms. The molecule has 4 rings (SSSR count). The van der Waals surface area contributed by atoms with Gasteiger partial charge in [-0.15, -0.1) is 11.3 Å². The molecule has 0 saturated carbocycles. The highest BCUT2D eigenvalue weighted by molar-refractivity contribution is 7.13. The molecule has 144 valence electrons. The number of hydrogen-bond donors (Lipinski definition) is 1. The summed E-state index contributed by atoms with van der Waals surface area (Å²) in [5.74, 6) is 0.448. The maximum Gasteiger partial charge on any atom is 0.263 e. The molecule has 2 aliphatic heterocycles. The van der Waals surface area contributed by atoms with E-state index in [0.717, 1.165) is 50.4 Å². The van der Waals surface area contributed by atoms with Crippen LogP contribution in [0.4, 0.5) is 0 Å². The summed E-state index contributed by atoms with van der Waals surface area (Å²) in [5.41, 5.74) is 1.34. The number of nitrogens with zero attached hydrogens (tertiary/aromatic N) is 3. The van der Waals surface area contributed by atoms with Crippen LogP contribution in [0.5, 0.6) is 0 Å². The van der Waals surface area contributed by atoms with E-state index in [0.29, 0.717) is 0 Å². The van der Waals surface area contributed by atoms with E-state index >= 15 is 0 Å². The second kappa shape index (κ2) is 7.70. The van der Waals surface area contributed by atoms with E-state index in [1.807, 2.05) is 36.2 Å². The SMILES string of the molecule is Cc1ccc(C(=O)N2CCC3(CC2)CN(Cc2cccnc2)CC3CO)s1. The summed E-state index contributed by atoms with van der Waals surface area (Å²) >= 11 is 1.57. The van der Waals surface area contributed by atoms with Gasteiger partial charge in [0.2, 0.25) is 0 Å². The van der Waals surface area contributed by atoms with Crippen LogP contribution >= 0.6 is 11.3 Å². The summed E-state index contributed by atoms with van der Waals surface area (Å²) in [7, 11) is 0. The Kier molecular flexibility index (Phi) is 5.30. The first kappa shape index (κ1) is 18.6. The number of aromatic nitrogens is 1. The van der Waals surface area contributed by atoms with Crippen molar-refractivity contribution in [3.8, 4) is 0 Å². The normalized spacial score (nSPS) is 22.4. The molecule has 5 nitrogen and oxygen atoms in total. The van der Waals surface area contributed by atoms with Gasteiger partial charge in [0.15, 0.2) is 0 Å². The van der Waals surface area contributed by atoms with E-state index in [9.17, 15) is 9.90 Å². The van der Waals surface area contributed by atoms with Crippen molar-refractivity contribution in [3.63, 3.8) is 0 Å². The summed E-state index contributed by atoms with van der Waals surface area (Å²) in [4.78, 5) is 23.4. The van der Waals surface area contributed by atoms with E-state index in [-0.39, 0.29) is 23.8 Å². The highest BCUT2D eigenvalue weighted by atomic mass is 32.1. The predicted molar refractivity (Wildman–Crippen MR) is 107 cm³/mol. The quantitative estimate of drug-likeness (QED) is 0.879. The highest BCUT2D eigenvalue weighted by Crippen LogP contribution is 2.45. The van der Waals surface area contributed by atoms with Gasteiger partial charge in [-0.05, 0) is 48.9 Å². The topological polar surface area (TPSA) is 56.7 Å². The number of aryl methyl sites for hydroxylation is 1. The Balaban J connectivity index is 1.40. The largest absolute Gasteiger partial charge is 0.396 e. The lowest BCUT2D eigenvalue weighted by atomic mass is 9.71. The molecular weight excluding hydrogens is 358 g/mol. The van der Waals surface area contributed by atoms with E-state index in [1.54, 1.807) is 17.5 Å². The van der Waals surface area contributed by atoms with Gasteiger partial charge in [0.1, 0.15) is 0 Å². The minimum absolute atomic E-state index is 0.124. The molecule has 1 spiro atoms. The lowest BCUT2D eigenvalue weighted by molar-refractivity contribution is 0.0404. The van der Waals surface area contributed by atoms with Crippen molar-refractivity contribution in [2.45, 2.75) is 26.3 Å². The molecule has 2 aromatic heterocycles. The fraction of sp³-hybridized carbons (Fsp3) is 0.524. The van der Waals surface area contributed by atoms with Crippen LogP contribution in [0.25, 0.3) is 0 Å². The summed E-state index contributed by atoms with van der Waals surface area (Å²) in [6.07, 6.45) is 5.66. The Hall–Kier alpha value is -1.76. The fourth-order valence-corrected chi connectivity index (χ4v) is 5.53. The number of hydrogen-bond acceptors (Lipinski definition) is 5. The monoisotopic (exact) mass is 385 g/mol. The third-order valence-electron chi connectivity index (χ3n) is 6.23. The summed E-state index contributed by atoms with van der Waals surface area (Å²) in [6, 6.07) is 8.03. The molecular formula is C21H27N3O2S. The molecule has 6 heteroatoms. The summed E-state index contributed by atoms with van der Waals surface area (Å²) in [6.45, 7) is 6.62. The molecule has 0 radical (unpaired) electrons. The van der Waals surface area contributed by atoms with Gasteiger partial charge in [0.05, 0.1) is 4.88 Å². The second-order valence-electron chi connectivity index (χ2n) is 7.98. The molecule has 0 aliphatic carbocycles. The molecule has 1 N–H and O–H groups in total. The molecule has 1 amide bonds. The van der Waals surface area contributed by atoms with Gasteiger partial charge >= 0.3 is 0 Å². The summed E-state index contributed by atoms with van der Waals surface area (Å²) < 4.78 is 0. The highest BCUT2D eigenvalue weighted by Gasteiger charge is 2.48. The molecule has 1 atom stereocenters.